The summed E-state index contributed by atoms with van der Waals surface area (Å²) in [5, 5.41) is 11.7. The maximum absolute atomic E-state index is 12.6. The van der Waals surface area contributed by atoms with E-state index in [9.17, 15) is 24.3 Å². The van der Waals surface area contributed by atoms with E-state index < -0.39 is 35.7 Å². The first-order valence-electron chi connectivity index (χ1n) is 8.69. The van der Waals surface area contributed by atoms with E-state index in [2.05, 4.69) is 5.32 Å². The van der Waals surface area contributed by atoms with Gasteiger partial charge in [0.1, 0.15) is 12.6 Å². The monoisotopic (exact) mass is 373 g/mol. The number of carboxylic acid groups (broad SMARTS) is 1. The summed E-state index contributed by atoms with van der Waals surface area (Å²) in [7, 11) is 0. The predicted octanol–water partition coefficient (Wildman–Crippen LogP) is 0.674. The molecule has 0 saturated heterocycles. The number of aromatic nitrogens is 2. The van der Waals surface area contributed by atoms with Crippen LogP contribution in [0, 0.1) is 5.92 Å². The second-order valence-corrected chi connectivity index (χ2v) is 6.41. The molecule has 27 heavy (non-hydrogen) atoms. The Bertz CT molecular complexity index is 917. The molecule has 2 atom stereocenters. The zero-order valence-electron chi connectivity index (χ0n) is 15.3. The third-order valence-electron chi connectivity index (χ3n) is 4.43. The van der Waals surface area contributed by atoms with E-state index in [-0.39, 0.29) is 12.5 Å². The van der Waals surface area contributed by atoms with Crippen molar-refractivity contribution in [1.82, 2.24) is 14.5 Å². The van der Waals surface area contributed by atoms with E-state index in [1.807, 2.05) is 37.3 Å². The van der Waals surface area contributed by atoms with Crippen LogP contribution in [0.1, 0.15) is 25.8 Å². The molecule has 0 aliphatic heterocycles. The third kappa shape index (κ3) is 5.16. The highest BCUT2D eigenvalue weighted by molar-refractivity contribution is 5.83. The van der Waals surface area contributed by atoms with Gasteiger partial charge in [0.15, 0.2) is 0 Å². The molecule has 0 bridgehead atoms. The standard InChI is InChI=1S/C19H23N3O5/c1-3-13(2)17(18(25)26)20-15(23)12-22-16(24)9-10-21(19(22)27)11-14-7-5-4-6-8-14/h4-10,13,17H,3,11-12H2,1-2H3,(H,20,23)(H,25,26)/t13-,17-/m0/s1. The minimum atomic E-state index is -1.15. The fraction of sp³-hybridized carbons (Fsp3) is 0.368. The zero-order chi connectivity index (χ0) is 20.0. The molecule has 0 saturated carbocycles. The molecule has 0 spiro atoms. The largest absolute Gasteiger partial charge is 0.480 e. The summed E-state index contributed by atoms with van der Waals surface area (Å²) in [5.41, 5.74) is -0.372. The Morgan fingerprint density at radius 3 is 2.41 bits per heavy atom. The van der Waals surface area contributed by atoms with Crippen LogP contribution < -0.4 is 16.6 Å². The van der Waals surface area contributed by atoms with Gasteiger partial charge in [-0.25, -0.2) is 9.59 Å². The van der Waals surface area contributed by atoms with E-state index in [1.54, 1.807) is 6.92 Å². The van der Waals surface area contributed by atoms with Gasteiger partial charge < -0.3 is 10.4 Å². The predicted molar refractivity (Wildman–Crippen MR) is 99.5 cm³/mol. The van der Waals surface area contributed by atoms with Crippen LogP contribution in [0.15, 0.2) is 52.2 Å². The number of carboxylic acids is 1. The molecule has 0 radical (unpaired) electrons. The van der Waals surface area contributed by atoms with E-state index in [4.69, 9.17) is 0 Å². The van der Waals surface area contributed by atoms with Crippen molar-refractivity contribution < 1.29 is 14.7 Å². The zero-order valence-corrected chi connectivity index (χ0v) is 15.3. The van der Waals surface area contributed by atoms with Gasteiger partial charge >= 0.3 is 11.7 Å². The summed E-state index contributed by atoms with van der Waals surface area (Å²) < 4.78 is 2.13. The van der Waals surface area contributed by atoms with Gasteiger partial charge in [0.05, 0.1) is 6.54 Å². The summed E-state index contributed by atoms with van der Waals surface area (Å²) in [5.74, 6) is -2.13. The minimum absolute atomic E-state index is 0.256. The van der Waals surface area contributed by atoms with Crippen molar-refractivity contribution in [3.8, 4) is 0 Å². The average molecular weight is 373 g/mol. The maximum atomic E-state index is 12.6. The van der Waals surface area contributed by atoms with Crippen LogP contribution in [0.5, 0.6) is 0 Å². The average Bonchev–Trinajstić information content (AvgIpc) is 2.65. The van der Waals surface area contributed by atoms with Crippen molar-refractivity contribution >= 4 is 11.9 Å². The number of nitrogens with one attached hydrogen (secondary N) is 1. The Morgan fingerprint density at radius 2 is 1.81 bits per heavy atom. The van der Waals surface area contributed by atoms with Gasteiger partial charge in [-0.2, -0.15) is 0 Å². The maximum Gasteiger partial charge on any atom is 0.331 e. The van der Waals surface area contributed by atoms with Gasteiger partial charge in [0.25, 0.3) is 5.56 Å². The van der Waals surface area contributed by atoms with Crippen molar-refractivity contribution in [1.29, 1.82) is 0 Å². The number of carbonyl (C=O) groups excluding carboxylic acids is 1. The van der Waals surface area contributed by atoms with Gasteiger partial charge in [0, 0.05) is 12.3 Å². The molecular weight excluding hydrogens is 350 g/mol. The van der Waals surface area contributed by atoms with Crippen molar-refractivity contribution in [3.63, 3.8) is 0 Å². The second-order valence-electron chi connectivity index (χ2n) is 6.41. The highest BCUT2D eigenvalue weighted by atomic mass is 16.4. The van der Waals surface area contributed by atoms with Crippen LogP contribution >= 0.6 is 0 Å². The number of hydrogen-bond donors (Lipinski definition) is 2. The van der Waals surface area contributed by atoms with E-state index in [0.29, 0.717) is 6.42 Å². The lowest BCUT2D eigenvalue weighted by molar-refractivity contribution is -0.143. The first kappa shape index (κ1) is 20.2. The van der Waals surface area contributed by atoms with E-state index in [0.717, 1.165) is 10.1 Å². The number of amides is 1. The first-order chi connectivity index (χ1) is 12.8. The normalized spacial score (nSPS) is 13.0. The molecule has 1 heterocycles. The minimum Gasteiger partial charge on any atom is -0.480 e. The van der Waals surface area contributed by atoms with Crippen molar-refractivity contribution in [3.05, 3.63) is 69.0 Å². The molecule has 0 aliphatic carbocycles. The SMILES string of the molecule is CC[C@H](C)[C@H](NC(=O)Cn1c(=O)ccn(Cc2ccccc2)c1=O)C(=O)O. The van der Waals surface area contributed by atoms with E-state index >= 15 is 0 Å². The lowest BCUT2D eigenvalue weighted by atomic mass is 9.99. The van der Waals surface area contributed by atoms with Crippen LogP contribution in [0.4, 0.5) is 0 Å². The van der Waals surface area contributed by atoms with Crippen molar-refractivity contribution in [2.45, 2.75) is 39.4 Å². The Labute approximate surface area is 156 Å². The van der Waals surface area contributed by atoms with Gasteiger partial charge in [-0.05, 0) is 11.5 Å². The fourth-order valence-electron chi connectivity index (χ4n) is 2.65. The number of carbonyl (C=O) groups is 2. The smallest absolute Gasteiger partial charge is 0.331 e. The number of nitrogens with zero attached hydrogens (tertiary/aromatic N) is 2. The van der Waals surface area contributed by atoms with Crippen LogP contribution in [0.3, 0.4) is 0 Å². The molecular formula is C19H23N3O5. The third-order valence-corrected chi connectivity index (χ3v) is 4.43. The second kappa shape index (κ2) is 8.98. The molecule has 0 aliphatic rings. The molecule has 1 amide bonds. The van der Waals surface area contributed by atoms with Crippen LogP contribution in [0.25, 0.3) is 0 Å². The lowest BCUT2D eigenvalue weighted by Gasteiger charge is -2.20. The fourth-order valence-corrected chi connectivity index (χ4v) is 2.65. The van der Waals surface area contributed by atoms with Gasteiger partial charge in [0.2, 0.25) is 5.91 Å². The molecule has 0 unspecified atom stereocenters. The quantitative estimate of drug-likeness (QED) is 0.707. The Morgan fingerprint density at radius 1 is 1.15 bits per heavy atom. The number of rotatable bonds is 8. The van der Waals surface area contributed by atoms with Crippen LogP contribution in [0.2, 0.25) is 0 Å². The van der Waals surface area contributed by atoms with Gasteiger partial charge in [-0.3, -0.25) is 18.7 Å². The lowest BCUT2D eigenvalue weighted by Crippen LogP contribution is -2.49. The summed E-state index contributed by atoms with van der Waals surface area (Å²) in [6.07, 6.45) is 1.94. The topological polar surface area (TPSA) is 110 Å². The molecule has 2 N–H and O–H groups in total. The summed E-state index contributed by atoms with van der Waals surface area (Å²) in [4.78, 5) is 48.2. The summed E-state index contributed by atoms with van der Waals surface area (Å²) in [6, 6.07) is 9.36. The van der Waals surface area contributed by atoms with E-state index in [1.165, 1.54) is 16.8 Å². The molecule has 1 aromatic heterocycles. The number of aliphatic carboxylic acids is 1. The highest BCUT2D eigenvalue weighted by Crippen LogP contribution is 2.07. The molecule has 0 fully saturated rings. The Balaban J connectivity index is 2.22. The van der Waals surface area contributed by atoms with Crippen LogP contribution in [-0.4, -0.2) is 32.2 Å². The Hall–Kier alpha value is -3.16. The molecule has 2 rings (SSSR count). The Kier molecular flexibility index (Phi) is 6.70. The van der Waals surface area contributed by atoms with Crippen molar-refractivity contribution in [2.24, 2.45) is 5.92 Å². The van der Waals surface area contributed by atoms with Gasteiger partial charge in [-0.15, -0.1) is 0 Å². The highest BCUT2D eigenvalue weighted by Gasteiger charge is 2.25. The molecule has 1 aromatic carbocycles. The molecule has 2 aromatic rings. The van der Waals surface area contributed by atoms with Gasteiger partial charge in [-0.1, -0.05) is 50.6 Å². The van der Waals surface area contributed by atoms with Crippen molar-refractivity contribution in [2.75, 3.05) is 0 Å². The number of hydrogen-bond acceptors (Lipinski definition) is 4. The number of benzene rings is 1. The first-order valence-corrected chi connectivity index (χ1v) is 8.69. The van der Waals surface area contributed by atoms with Crippen LogP contribution in [-0.2, 0) is 22.7 Å². The summed E-state index contributed by atoms with van der Waals surface area (Å²) in [6.45, 7) is 3.25. The summed E-state index contributed by atoms with van der Waals surface area (Å²) >= 11 is 0. The molecule has 8 nitrogen and oxygen atoms in total. The molecule has 144 valence electrons. The molecule has 8 heteroatoms.